The molecule has 1 aromatic heterocycles. The molecule has 0 radical (unpaired) electrons. The summed E-state index contributed by atoms with van der Waals surface area (Å²) in [5.41, 5.74) is 1.08. The Balaban J connectivity index is 1.87. The smallest absolute Gasteiger partial charge is 0.212 e. The molecule has 2 aromatic rings. The summed E-state index contributed by atoms with van der Waals surface area (Å²) in [5, 5.41) is 3.38. The van der Waals surface area contributed by atoms with Crippen molar-refractivity contribution in [3.8, 4) is 11.3 Å². The molecule has 3 nitrogen and oxygen atoms in total. The van der Waals surface area contributed by atoms with Gasteiger partial charge in [0.05, 0.1) is 12.2 Å². The molecule has 0 aliphatic carbocycles. The van der Waals surface area contributed by atoms with Gasteiger partial charge in [-0.3, -0.25) is 0 Å². The van der Waals surface area contributed by atoms with Crippen molar-refractivity contribution in [2.75, 3.05) is 6.54 Å². The third-order valence-electron chi connectivity index (χ3n) is 2.94. The van der Waals surface area contributed by atoms with Crippen LogP contribution >= 0.6 is 0 Å². The number of nitrogens with zero attached hydrogens (tertiary/aromatic N) is 1. The standard InChI is InChI=1S/C13H14N2O/c1-2-5-10(6-3-1)12-9-15-13(16-12)11-7-4-8-14-11/h1-3,5-6,9,11,14H,4,7-8H2. The summed E-state index contributed by atoms with van der Waals surface area (Å²) in [7, 11) is 0. The number of hydrogen-bond donors (Lipinski definition) is 1. The predicted molar refractivity (Wildman–Crippen MR) is 61.9 cm³/mol. The molecule has 82 valence electrons. The summed E-state index contributed by atoms with van der Waals surface area (Å²) >= 11 is 0. The molecule has 1 aromatic carbocycles. The van der Waals surface area contributed by atoms with Crippen LogP contribution < -0.4 is 5.32 Å². The normalized spacial score (nSPS) is 20.1. The quantitative estimate of drug-likeness (QED) is 0.835. The first-order valence-corrected chi connectivity index (χ1v) is 5.68. The van der Waals surface area contributed by atoms with Gasteiger partial charge in [0.25, 0.3) is 0 Å². The van der Waals surface area contributed by atoms with Gasteiger partial charge >= 0.3 is 0 Å². The van der Waals surface area contributed by atoms with E-state index >= 15 is 0 Å². The third-order valence-corrected chi connectivity index (χ3v) is 2.94. The number of aromatic nitrogens is 1. The lowest BCUT2D eigenvalue weighted by atomic mass is 10.2. The molecule has 3 heteroatoms. The Morgan fingerprint density at radius 1 is 1.25 bits per heavy atom. The molecular weight excluding hydrogens is 200 g/mol. The Morgan fingerprint density at radius 2 is 2.12 bits per heavy atom. The first kappa shape index (κ1) is 9.60. The van der Waals surface area contributed by atoms with Crippen LogP contribution in [0.15, 0.2) is 40.9 Å². The van der Waals surface area contributed by atoms with E-state index in [1.807, 2.05) is 36.5 Å². The van der Waals surface area contributed by atoms with Crippen molar-refractivity contribution in [2.45, 2.75) is 18.9 Å². The van der Waals surface area contributed by atoms with E-state index in [9.17, 15) is 0 Å². The van der Waals surface area contributed by atoms with Gasteiger partial charge in [-0.1, -0.05) is 30.3 Å². The van der Waals surface area contributed by atoms with Crippen molar-refractivity contribution in [1.29, 1.82) is 0 Å². The van der Waals surface area contributed by atoms with Gasteiger partial charge in [-0.15, -0.1) is 0 Å². The largest absolute Gasteiger partial charge is 0.439 e. The molecule has 3 rings (SSSR count). The van der Waals surface area contributed by atoms with E-state index in [1.54, 1.807) is 0 Å². The molecule has 1 unspecified atom stereocenters. The monoisotopic (exact) mass is 214 g/mol. The summed E-state index contributed by atoms with van der Waals surface area (Å²) in [6, 6.07) is 10.4. The third kappa shape index (κ3) is 1.74. The topological polar surface area (TPSA) is 38.1 Å². The Labute approximate surface area is 94.5 Å². The summed E-state index contributed by atoms with van der Waals surface area (Å²) in [4.78, 5) is 4.35. The van der Waals surface area contributed by atoms with Crippen LogP contribution in [0.25, 0.3) is 11.3 Å². The van der Waals surface area contributed by atoms with E-state index in [2.05, 4.69) is 10.3 Å². The predicted octanol–water partition coefficient (Wildman–Crippen LogP) is 2.77. The second-order valence-electron chi connectivity index (χ2n) is 4.08. The number of hydrogen-bond acceptors (Lipinski definition) is 3. The van der Waals surface area contributed by atoms with Crippen LogP contribution in [0.2, 0.25) is 0 Å². The maximum Gasteiger partial charge on any atom is 0.212 e. The Hall–Kier alpha value is -1.61. The second-order valence-corrected chi connectivity index (χ2v) is 4.08. The molecule has 1 fully saturated rings. The maximum absolute atomic E-state index is 5.78. The van der Waals surface area contributed by atoms with E-state index in [0.29, 0.717) is 6.04 Å². The fourth-order valence-electron chi connectivity index (χ4n) is 2.08. The van der Waals surface area contributed by atoms with E-state index in [0.717, 1.165) is 30.2 Å². The van der Waals surface area contributed by atoms with E-state index in [4.69, 9.17) is 4.42 Å². The molecular formula is C13H14N2O. The lowest BCUT2D eigenvalue weighted by molar-refractivity contribution is 0.437. The van der Waals surface area contributed by atoms with Crippen LogP contribution in [0.5, 0.6) is 0 Å². The molecule has 1 N–H and O–H groups in total. The maximum atomic E-state index is 5.78. The minimum Gasteiger partial charge on any atom is -0.439 e. The Bertz CT molecular complexity index is 458. The van der Waals surface area contributed by atoms with E-state index in [-0.39, 0.29) is 0 Å². The Kier molecular flexibility index (Phi) is 2.46. The second kappa shape index (κ2) is 4.10. The fraction of sp³-hybridized carbons (Fsp3) is 0.308. The van der Waals surface area contributed by atoms with E-state index < -0.39 is 0 Å². The summed E-state index contributed by atoms with van der Waals surface area (Å²) in [5.74, 6) is 1.67. The highest BCUT2D eigenvalue weighted by atomic mass is 16.4. The zero-order chi connectivity index (χ0) is 10.8. The average Bonchev–Trinajstić information content (AvgIpc) is 3.01. The molecule has 1 aliphatic rings. The zero-order valence-electron chi connectivity index (χ0n) is 9.02. The van der Waals surface area contributed by atoms with E-state index in [1.165, 1.54) is 6.42 Å². The molecule has 0 spiro atoms. The minimum atomic E-state index is 0.303. The minimum absolute atomic E-state index is 0.303. The lowest BCUT2D eigenvalue weighted by Crippen LogP contribution is -2.12. The molecule has 0 bridgehead atoms. The van der Waals surface area contributed by atoms with Crippen molar-refractivity contribution in [3.05, 3.63) is 42.4 Å². The first-order chi connectivity index (χ1) is 7.93. The number of benzene rings is 1. The van der Waals surface area contributed by atoms with Gasteiger partial charge in [0.1, 0.15) is 0 Å². The van der Waals surface area contributed by atoms with Crippen molar-refractivity contribution >= 4 is 0 Å². The molecule has 0 amide bonds. The highest BCUT2D eigenvalue weighted by Gasteiger charge is 2.21. The highest BCUT2D eigenvalue weighted by Crippen LogP contribution is 2.26. The van der Waals surface area contributed by atoms with Crippen LogP contribution in [-0.2, 0) is 0 Å². The highest BCUT2D eigenvalue weighted by molar-refractivity contribution is 5.55. The van der Waals surface area contributed by atoms with Gasteiger partial charge in [-0.2, -0.15) is 0 Å². The van der Waals surface area contributed by atoms with Gasteiger partial charge in [0.2, 0.25) is 5.89 Å². The first-order valence-electron chi connectivity index (χ1n) is 5.68. The SMILES string of the molecule is c1ccc(-c2cnc(C3CCCN3)o2)cc1. The van der Waals surface area contributed by atoms with Gasteiger partial charge in [-0.25, -0.2) is 4.98 Å². The average molecular weight is 214 g/mol. The number of oxazole rings is 1. The summed E-state index contributed by atoms with van der Waals surface area (Å²) < 4.78 is 5.78. The zero-order valence-corrected chi connectivity index (χ0v) is 9.02. The van der Waals surface area contributed by atoms with Crippen molar-refractivity contribution in [3.63, 3.8) is 0 Å². The number of nitrogens with one attached hydrogen (secondary N) is 1. The molecule has 2 heterocycles. The molecule has 1 saturated heterocycles. The van der Waals surface area contributed by atoms with Crippen LogP contribution in [0.4, 0.5) is 0 Å². The summed E-state index contributed by atoms with van der Waals surface area (Å²) in [6.07, 6.45) is 4.13. The van der Waals surface area contributed by atoms with Gasteiger partial charge in [0.15, 0.2) is 5.76 Å². The lowest BCUT2D eigenvalue weighted by Gasteiger charge is -2.03. The molecule has 1 atom stereocenters. The number of rotatable bonds is 2. The molecule has 1 aliphatic heterocycles. The van der Waals surface area contributed by atoms with Crippen molar-refractivity contribution in [1.82, 2.24) is 10.3 Å². The van der Waals surface area contributed by atoms with Gasteiger partial charge < -0.3 is 9.73 Å². The molecule has 16 heavy (non-hydrogen) atoms. The molecule has 0 saturated carbocycles. The van der Waals surface area contributed by atoms with Crippen LogP contribution in [0, 0.1) is 0 Å². The van der Waals surface area contributed by atoms with Crippen LogP contribution in [0.1, 0.15) is 24.8 Å². The van der Waals surface area contributed by atoms with Crippen LogP contribution in [0.3, 0.4) is 0 Å². The van der Waals surface area contributed by atoms with Gasteiger partial charge in [-0.05, 0) is 19.4 Å². The van der Waals surface area contributed by atoms with Crippen molar-refractivity contribution < 1.29 is 4.42 Å². The summed E-state index contributed by atoms with van der Waals surface area (Å²) in [6.45, 7) is 1.06. The Morgan fingerprint density at radius 3 is 2.88 bits per heavy atom. The van der Waals surface area contributed by atoms with Gasteiger partial charge in [0, 0.05) is 5.56 Å². The van der Waals surface area contributed by atoms with Crippen LogP contribution in [-0.4, -0.2) is 11.5 Å². The fourth-order valence-corrected chi connectivity index (χ4v) is 2.08. The van der Waals surface area contributed by atoms with Crippen molar-refractivity contribution in [2.24, 2.45) is 0 Å².